The van der Waals surface area contributed by atoms with Gasteiger partial charge >= 0.3 is 0 Å². The number of benzene rings is 1. The number of methoxy groups -OCH3 is 1. The molecule has 0 heterocycles. The van der Waals surface area contributed by atoms with Crippen LogP contribution >= 0.6 is 0 Å². The summed E-state index contributed by atoms with van der Waals surface area (Å²) in [7, 11) is 0.0788. The van der Waals surface area contributed by atoms with E-state index in [1.165, 1.54) is 7.11 Å². The van der Waals surface area contributed by atoms with Crippen molar-refractivity contribution in [3.8, 4) is 5.75 Å². The number of carbonyl (C=O) groups excluding carboxylic acids is 1. The van der Waals surface area contributed by atoms with Gasteiger partial charge in [-0.15, -0.1) is 0 Å². The minimum absolute atomic E-state index is 0.0616. The first-order valence-corrected chi connectivity index (χ1v) is 8.03. The number of ether oxygens (including phenoxy) is 1. The third-order valence-electron chi connectivity index (χ3n) is 3.45. The van der Waals surface area contributed by atoms with Gasteiger partial charge in [0.25, 0.3) is 0 Å². The smallest absolute Gasteiger partial charge is 0.233 e. The van der Waals surface area contributed by atoms with Crippen molar-refractivity contribution in [3.63, 3.8) is 0 Å². The Bertz CT molecular complexity index is 513. The van der Waals surface area contributed by atoms with E-state index in [9.17, 15) is 9.00 Å². The van der Waals surface area contributed by atoms with Crippen LogP contribution in [0, 0.1) is 0 Å². The summed E-state index contributed by atoms with van der Waals surface area (Å²) in [4.78, 5) is 12.3. The fourth-order valence-electron chi connectivity index (χ4n) is 2.38. The molecule has 1 aliphatic carbocycles. The summed E-state index contributed by atoms with van der Waals surface area (Å²) in [5.74, 6) is 0.338. The minimum Gasteiger partial charge on any atom is -0.497 e. The first-order valence-electron chi connectivity index (χ1n) is 6.71. The molecule has 0 saturated heterocycles. The summed E-state index contributed by atoms with van der Waals surface area (Å²) in [6, 6.07) is 5.20. The number of rotatable bonds is 5. The van der Waals surface area contributed by atoms with E-state index in [0.29, 0.717) is 16.3 Å². The Morgan fingerprint density at radius 2 is 2.15 bits per heavy atom. The fourth-order valence-corrected chi connectivity index (χ4v) is 3.43. The van der Waals surface area contributed by atoms with Crippen molar-refractivity contribution in [2.45, 2.75) is 36.6 Å². The van der Waals surface area contributed by atoms with Gasteiger partial charge in [-0.1, -0.05) is 12.8 Å². The molecule has 1 aliphatic rings. The predicted molar refractivity (Wildman–Crippen MR) is 79.1 cm³/mol. The quantitative estimate of drug-likeness (QED) is 0.806. The third kappa shape index (κ3) is 3.72. The summed E-state index contributed by atoms with van der Waals surface area (Å²) in [5.41, 5.74) is 6.22. The van der Waals surface area contributed by atoms with Crippen LogP contribution in [0.1, 0.15) is 25.7 Å². The Morgan fingerprint density at radius 3 is 2.80 bits per heavy atom. The minimum atomic E-state index is -1.45. The number of nitrogens with one attached hydrogen (secondary N) is 1. The molecule has 1 saturated carbocycles. The molecule has 1 atom stereocenters. The van der Waals surface area contributed by atoms with Crippen molar-refractivity contribution in [1.29, 1.82) is 0 Å². The average molecular weight is 296 g/mol. The molecule has 1 amide bonds. The van der Waals surface area contributed by atoms with Gasteiger partial charge in [0.05, 0.1) is 22.8 Å². The van der Waals surface area contributed by atoms with Gasteiger partial charge in [0, 0.05) is 11.7 Å². The molecule has 2 rings (SSSR count). The Balaban J connectivity index is 1.98. The third-order valence-corrected chi connectivity index (χ3v) is 4.82. The van der Waals surface area contributed by atoms with Gasteiger partial charge in [0.2, 0.25) is 5.91 Å². The van der Waals surface area contributed by atoms with Crippen LogP contribution in [-0.2, 0) is 15.6 Å². The summed E-state index contributed by atoms with van der Waals surface area (Å²) in [6.07, 6.45) is 4.33. The van der Waals surface area contributed by atoms with Crippen molar-refractivity contribution in [1.82, 2.24) is 5.32 Å². The second-order valence-corrected chi connectivity index (χ2v) is 6.36. The molecule has 3 N–H and O–H groups in total. The Labute approximate surface area is 121 Å². The molecule has 20 heavy (non-hydrogen) atoms. The number of carbonyl (C=O) groups is 1. The monoisotopic (exact) mass is 296 g/mol. The molecular formula is C14H20N2O3S. The lowest BCUT2D eigenvalue weighted by molar-refractivity contribution is -0.119. The molecule has 0 spiro atoms. The lowest BCUT2D eigenvalue weighted by Crippen LogP contribution is -2.35. The zero-order valence-electron chi connectivity index (χ0n) is 11.6. The second kappa shape index (κ2) is 6.74. The molecule has 110 valence electrons. The van der Waals surface area contributed by atoms with Gasteiger partial charge in [0.15, 0.2) is 0 Å². The van der Waals surface area contributed by atoms with Crippen molar-refractivity contribution < 1.29 is 13.7 Å². The number of anilines is 1. The highest BCUT2D eigenvalue weighted by atomic mass is 32.2. The van der Waals surface area contributed by atoms with E-state index in [1.807, 2.05) is 0 Å². The Kier molecular flexibility index (Phi) is 5.00. The molecule has 1 aromatic carbocycles. The average Bonchev–Trinajstić information content (AvgIpc) is 2.91. The van der Waals surface area contributed by atoms with Crippen LogP contribution in [-0.4, -0.2) is 29.0 Å². The standard InChI is InChI=1S/C14H20N2O3S/c1-19-11-6-7-12(15)13(8-11)20(18)9-14(17)16-10-4-2-3-5-10/h6-8,10H,2-5,9,15H2,1H3,(H,16,17). The number of nitrogens with two attached hydrogens (primary N) is 1. The molecule has 0 aliphatic heterocycles. The predicted octanol–water partition coefficient (Wildman–Crippen LogP) is 1.44. The lowest BCUT2D eigenvalue weighted by Gasteiger charge is -2.12. The second-order valence-electron chi connectivity index (χ2n) is 4.94. The van der Waals surface area contributed by atoms with E-state index in [1.54, 1.807) is 18.2 Å². The Hall–Kier alpha value is -1.56. The van der Waals surface area contributed by atoms with Crippen LogP contribution in [0.2, 0.25) is 0 Å². The molecule has 5 nitrogen and oxygen atoms in total. The molecule has 0 bridgehead atoms. The van der Waals surface area contributed by atoms with E-state index < -0.39 is 10.8 Å². The van der Waals surface area contributed by atoms with Crippen molar-refractivity contribution in [2.75, 3.05) is 18.6 Å². The molecule has 6 heteroatoms. The van der Waals surface area contributed by atoms with Gasteiger partial charge < -0.3 is 15.8 Å². The summed E-state index contributed by atoms with van der Waals surface area (Å²) < 4.78 is 17.3. The molecule has 1 aromatic rings. The first-order chi connectivity index (χ1) is 9.60. The Morgan fingerprint density at radius 1 is 1.45 bits per heavy atom. The van der Waals surface area contributed by atoms with E-state index in [2.05, 4.69) is 5.32 Å². The molecular weight excluding hydrogens is 276 g/mol. The van der Waals surface area contributed by atoms with Crippen LogP contribution < -0.4 is 15.8 Å². The van der Waals surface area contributed by atoms with Gasteiger partial charge in [0.1, 0.15) is 11.5 Å². The maximum absolute atomic E-state index is 12.2. The largest absolute Gasteiger partial charge is 0.497 e. The van der Waals surface area contributed by atoms with E-state index in [4.69, 9.17) is 10.5 Å². The van der Waals surface area contributed by atoms with Crippen LogP contribution in [0.4, 0.5) is 5.69 Å². The van der Waals surface area contributed by atoms with Gasteiger partial charge in [-0.2, -0.15) is 0 Å². The SMILES string of the molecule is COc1ccc(N)c(S(=O)CC(=O)NC2CCCC2)c1. The number of hydrogen-bond acceptors (Lipinski definition) is 4. The van der Waals surface area contributed by atoms with Crippen molar-refractivity contribution in [2.24, 2.45) is 0 Å². The highest BCUT2D eigenvalue weighted by Crippen LogP contribution is 2.23. The maximum atomic E-state index is 12.2. The van der Waals surface area contributed by atoms with E-state index in [-0.39, 0.29) is 17.7 Å². The molecule has 1 unspecified atom stereocenters. The van der Waals surface area contributed by atoms with Gasteiger partial charge in [-0.05, 0) is 31.0 Å². The number of nitrogen functional groups attached to an aromatic ring is 1. The lowest BCUT2D eigenvalue weighted by atomic mass is 10.2. The normalized spacial score (nSPS) is 16.9. The highest BCUT2D eigenvalue weighted by Gasteiger charge is 2.19. The topological polar surface area (TPSA) is 81.4 Å². The van der Waals surface area contributed by atoms with E-state index in [0.717, 1.165) is 25.7 Å². The summed E-state index contributed by atoms with van der Waals surface area (Å²) >= 11 is 0. The van der Waals surface area contributed by atoms with Crippen LogP contribution in [0.15, 0.2) is 23.1 Å². The molecule has 1 fully saturated rings. The van der Waals surface area contributed by atoms with Crippen molar-refractivity contribution in [3.05, 3.63) is 18.2 Å². The van der Waals surface area contributed by atoms with Crippen LogP contribution in [0.3, 0.4) is 0 Å². The number of amides is 1. The van der Waals surface area contributed by atoms with E-state index >= 15 is 0 Å². The summed E-state index contributed by atoms with van der Waals surface area (Å²) in [6.45, 7) is 0. The zero-order valence-corrected chi connectivity index (χ0v) is 12.4. The highest BCUT2D eigenvalue weighted by molar-refractivity contribution is 7.86. The van der Waals surface area contributed by atoms with Crippen LogP contribution in [0.5, 0.6) is 5.75 Å². The zero-order chi connectivity index (χ0) is 14.5. The van der Waals surface area contributed by atoms with Crippen LogP contribution in [0.25, 0.3) is 0 Å². The summed E-state index contributed by atoms with van der Waals surface area (Å²) in [5, 5.41) is 2.92. The van der Waals surface area contributed by atoms with Gasteiger partial charge in [-0.3, -0.25) is 9.00 Å². The fraction of sp³-hybridized carbons (Fsp3) is 0.500. The van der Waals surface area contributed by atoms with Crippen molar-refractivity contribution >= 4 is 22.4 Å². The molecule has 0 radical (unpaired) electrons. The maximum Gasteiger partial charge on any atom is 0.233 e. The first kappa shape index (κ1) is 14.8. The number of hydrogen-bond donors (Lipinski definition) is 2. The molecule has 0 aromatic heterocycles. The van der Waals surface area contributed by atoms with Gasteiger partial charge in [-0.25, -0.2) is 0 Å².